The molecule has 1 atom stereocenters. The third-order valence-corrected chi connectivity index (χ3v) is 7.28. The van der Waals surface area contributed by atoms with Crippen LogP contribution < -0.4 is 10.6 Å². The van der Waals surface area contributed by atoms with Crippen molar-refractivity contribution in [2.24, 2.45) is 7.05 Å². The lowest BCUT2D eigenvalue weighted by Gasteiger charge is -2.31. The van der Waals surface area contributed by atoms with Crippen LogP contribution in [0.5, 0.6) is 0 Å². The number of carbonyl (C=O) groups excluding carboxylic acids is 2. The van der Waals surface area contributed by atoms with E-state index < -0.39 is 0 Å². The fourth-order valence-corrected chi connectivity index (χ4v) is 4.73. The Hall–Kier alpha value is -4.12. The molecule has 0 aromatic carbocycles. The van der Waals surface area contributed by atoms with Gasteiger partial charge in [-0.15, -0.1) is 0 Å². The van der Waals surface area contributed by atoms with E-state index in [-0.39, 0.29) is 23.4 Å². The maximum Gasteiger partial charge on any atom is 0.259 e. The molecule has 0 spiro atoms. The van der Waals surface area contributed by atoms with Gasteiger partial charge in [-0.3, -0.25) is 29.1 Å². The molecule has 192 valence electrons. The van der Waals surface area contributed by atoms with Gasteiger partial charge in [-0.25, -0.2) is 4.52 Å². The molecule has 1 aliphatic heterocycles. The van der Waals surface area contributed by atoms with Crippen LogP contribution in [0.4, 0.5) is 11.4 Å². The van der Waals surface area contributed by atoms with E-state index in [9.17, 15) is 9.59 Å². The summed E-state index contributed by atoms with van der Waals surface area (Å²) in [5.74, 6) is -0.412. The van der Waals surface area contributed by atoms with Crippen molar-refractivity contribution in [2.75, 3.05) is 17.7 Å². The number of nitrogens with zero attached hydrogens (tertiary/aromatic N) is 7. The maximum absolute atomic E-state index is 13.1. The number of rotatable bonds is 6. The fraction of sp³-hybridized carbons (Fsp3) is 0.385. The Morgan fingerprint density at radius 1 is 1.05 bits per heavy atom. The normalized spacial score (nSPS) is 17.3. The van der Waals surface area contributed by atoms with E-state index in [2.05, 4.69) is 56.6 Å². The summed E-state index contributed by atoms with van der Waals surface area (Å²) in [5.41, 5.74) is 4.30. The quantitative estimate of drug-likeness (QED) is 0.416. The smallest absolute Gasteiger partial charge is 0.259 e. The van der Waals surface area contributed by atoms with E-state index in [1.54, 1.807) is 47.0 Å². The first kappa shape index (κ1) is 24.6. The molecule has 0 bridgehead atoms. The van der Waals surface area contributed by atoms with Crippen molar-refractivity contribution >= 4 is 28.7 Å². The van der Waals surface area contributed by atoms with Crippen molar-refractivity contribution in [1.29, 1.82) is 0 Å². The number of anilines is 2. The molecular formula is C26H31N9O2. The predicted molar refractivity (Wildman–Crippen MR) is 140 cm³/mol. The molecule has 0 radical (unpaired) electrons. The summed E-state index contributed by atoms with van der Waals surface area (Å²) in [4.78, 5) is 37.0. The third-order valence-electron chi connectivity index (χ3n) is 7.28. The van der Waals surface area contributed by atoms with Gasteiger partial charge < -0.3 is 10.6 Å². The second-order valence-corrected chi connectivity index (χ2v) is 10.2. The molecule has 11 heteroatoms. The molecule has 2 amide bonds. The van der Waals surface area contributed by atoms with Crippen LogP contribution in [0.25, 0.3) is 16.8 Å². The molecule has 1 aliphatic rings. The highest BCUT2D eigenvalue weighted by molar-refractivity contribution is 6.09. The molecule has 1 saturated heterocycles. The zero-order valence-electron chi connectivity index (χ0n) is 21.7. The fourth-order valence-electron chi connectivity index (χ4n) is 4.73. The van der Waals surface area contributed by atoms with Crippen LogP contribution in [0.2, 0.25) is 0 Å². The first-order valence-corrected chi connectivity index (χ1v) is 12.2. The van der Waals surface area contributed by atoms with Crippen molar-refractivity contribution in [3.63, 3.8) is 0 Å². The molecule has 4 aromatic rings. The number of carbonyl (C=O) groups is 2. The van der Waals surface area contributed by atoms with Crippen LogP contribution in [-0.4, -0.2) is 64.7 Å². The number of nitrogens with one attached hydrogen (secondary N) is 2. The Morgan fingerprint density at radius 3 is 2.57 bits per heavy atom. The summed E-state index contributed by atoms with van der Waals surface area (Å²) in [6.45, 7) is 6.20. The van der Waals surface area contributed by atoms with Gasteiger partial charge in [-0.2, -0.15) is 10.2 Å². The van der Waals surface area contributed by atoms with E-state index in [0.717, 1.165) is 18.4 Å². The topological polar surface area (TPSA) is 122 Å². The van der Waals surface area contributed by atoms with Crippen molar-refractivity contribution in [2.45, 2.75) is 51.6 Å². The molecule has 5 rings (SSSR count). The highest BCUT2D eigenvalue weighted by Gasteiger charge is 2.37. The molecule has 0 aliphatic carbocycles. The Bertz CT molecular complexity index is 1490. The van der Waals surface area contributed by atoms with Crippen LogP contribution in [0.15, 0.2) is 43.2 Å². The van der Waals surface area contributed by atoms with E-state index in [4.69, 9.17) is 0 Å². The molecule has 1 unspecified atom stereocenters. The van der Waals surface area contributed by atoms with Crippen LogP contribution >= 0.6 is 0 Å². The SMILES string of the molecule is Cc1ncc(NC(=O)CC2CCC(C)(C)N2C)cc1NC(=O)c1cnn2cc(-c3cnn(C)c3)ncc12. The van der Waals surface area contributed by atoms with E-state index in [0.29, 0.717) is 40.3 Å². The van der Waals surface area contributed by atoms with Crippen molar-refractivity contribution in [3.05, 3.63) is 54.5 Å². The lowest BCUT2D eigenvalue weighted by molar-refractivity contribution is -0.117. The highest BCUT2D eigenvalue weighted by Crippen LogP contribution is 2.33. The molecule has 11 nitrogen and oxygen atoms in total. The lowest BCUT2D eigenvalue weighted by atomic mass is 10.0. The molecule has 4 aromatic heterocycles. The minimum atomic E-state index is -0.339. The number of likely N-dealkylation sites (tertiary alicyclic amines) is 1. The first-order chi connectivity index (χ1) is 17.6. The van der Waals surface area contributed by atoms with Gasteiger partial charge in [-0.05, 0) is 46.7 Å². The standard InChI is InChI=1S/C26H31N9O2/c1-16-21(8-18(11-27-16)31-24(36)9-19-6-7-26(2,3)34(19)5)32-25(37)20-12-30-35-15-22(28-13-23(20)35)17-10-29-33(4)14-17/h8,10-15,19H,6-7,9H2,1-5H3,(H,31,36)(H,32,37). The summed E-state index contributed by atoms with van der Waals surface area (Å²) < 4.78 is 3.32. The number of amides is 2. The number of hydrogen-bond acceptors (Lipinski definition) is 7. The van der Waals surface area contributed by atoms with Gasteiger partial charge >= 0.3 is 0 Å². The van der Waals surface area contributed by atoms with Crippen LogP contribution in [-0.2, 0) is 11.8 Å². The lowest BCUT2D eigenvalue weighted by Crippen LogP contribution is -2.40. The summed E-state index contributed by atoms with van der Waals surface area (Å²) >= 11 is 0. The third kappa shape index (κ3) is 4.94. The monoisotopic (exact) mass is 501 g/mol. The zero-order valence-corrected chi connectivity index (χ0v) is 21.7. The molecular weight excluding hydrogens is 470 g/mol. The molecule has 2 N–H and O–H groups in total. The Morgan fingerprint density at radius 2 is 1.86 bits per heavy atom. The van der Waals surface area contributed by atoms with Crippen LogP contribution in [0.1, 0.15) is 49.2 Å². The number of aryl methyl sites for hydroxylation is 2. The summed E-state index contributed by atoms with van der Waals surface area (Å²) in [6.07, 6.45) is 12.5. The van der Waals surface area contributed by atoms with Crippen molar-refractivity contribution in [3.8, 4) is 11.3 Å². The van der Waals surface area contributed by atoms with Crippen LogP contribution in [0.3, 0.4) is 0 Å². The maximum atomic E-state index is 13.1. The van der Waals surface area contributed by atoms with Gasteiger partial charge in [0, 0.05) is 36.8 Å². The van der Waals surface area contributed by atoms with Gasteiger partial charge in [0.15, 0.2) is 0 Å². The van der Waals surface area contributed by atoms with Gasteiger partial charge in [0.1, 0.15) is 0 Å². The second-order valence-electron chi connectivity index (χ2n) is 10.2. The average molecular weight is 502 g/mol. The minimum absolute atomic E-state index is 0.0735. The van der Waals surface area contributed by atoms with Gasteiger partial charge in [0.2, 0.25) is 5.91 Å². The van der Waals surface area contributed by atoms with Crippen LogP contribution in [0, 0.1) is 6.92 Å². The highest BCUT2D eigenvalue weighted by atomic mass is 16.2. The van der Waals surface area contributed by atoms with Crippen molar-refractivity contribution in [1.82, 2.24) is 34.3 Å². The number of pyridine rings is 1. The minimum Gasteiger partial charge on any atom is -0.325 e. The second kappa shape index (κ2) is 9.40. The Balaban J connectivity index is 1.28. The molecule has 5 heterocycles. The van der Waals surface area contributed by atoms with E-state index in [1.807, 2.05) is 13.2 Å². The molecule has 1 fully saturated rings. The Kier molecular flexibility index (Phi) is 6.24. The number of aromatic nitrogens is 6. The summed E-state index contributed by atoms with van der Waals surface area (Å²) in [7, 11) is 3.91. The average Bonchev–Trinajstić information content (AvgIpc) is 3.54. The van der Waals surface area contributed by atoms with Gasteiger partial charge in [0.25, 0.3) is 5.91 Å². The number of fused-ring (bicyclic) bond motifs is 1. The molecule has 0 saturated carbocycles. The van der Waals surface area contributed by atoms with E-state index in [1.165, 1.54) is 6.20 Å². The predicted octanol–water partition coefficient (Wildman–Crippen LogP) is 3.29. The largest absolute Gasteiger partial charge is 0.325 e. The first-order valence-electron chi connectivity index (χ1n) is 12.2. The van der Waals surface area contributed by atoms with E-state index >= 15 is 0 Å². The Labute approximate surface area is 214 Å². The van der Waals surface area contributed by atoms with Gasteiger partial charge in [0.05, 0.1) is 64.8 Å². The zero-order chi connectivity index (χ0) is 26.3. The number of hydrogen-bond donors (Lipinski definition) is 2. The van der Waals surface area contributed by atoms with Gasteiger partial charge in [-0.1, -0.05) is 0 Å². The summed E-state index contributed by atoms with van der Waals surface area (Å²) in [6, 6.07) is 1.93. The van der Waals surface area contributed by atoms with Crippen molar-refractivity contribution < 1.29 is 9.59 Å². The molecule has 37 heavy (non-hydrogen) atoms. The summed E-state index contributed by atoms with van der Waals surface area (Å²) in [5, 5.41) is 14.3.